The van der Waals surface area contributed by atoms with Gasteiger partial charge in [0.15, 0.2) is 5.58 Å². The number of hydrogen-bond donors (Lipinski definition) is 2. The number of benzene rings is 2. The molecule has 1 aromatic heterocycles. The minimum Gasteiger partial charge on any atom is -0.436 e. The van der Waals surface area contributed by atoms with Crippen molar-refractivity contribution < 1.29 is 17.6 Å². The highest BCUT2D eigenvalue weighted by Crippen LogP contribution is 2.39. The standard InChI is InChI=1S/C17H16F3N3O/c1-2-3-9-6-11(22)8-14-15(9)24-16(23-14)12-5-4-10(21)7-13(12)17(18,19)20/h4-8H,2-3,21-22H2,1H3. The number of oxazole rings is 1. The first-order valence-electron chi connectivity index (χ1n) is 7.45. The van der Waals surface area contributed by atoms with Crippen molar-refractivity contribution in [1.29, 1.82) is 0 Å². The van der Waals surface area contributed by atoms with Crippen LogP contribution in [-0.4, -0.2) is 4.98 Å². The van der Waals surface area contributed by atoms with Crippen molar-refractivity contribution in [3.05, 3.63) is 41.5 Å². The van der Waals surface area contributed by atoms with Gasteiger partial charge in [0.05, 0.1) is 5.56 Å². The largest absolute Gasteiger partial charge is 0.436 e. The molecule has 0 spiro atoms. The number of nitrogens with two attached hydrogens (primary N) is 2. The van der Waals surface area contributed by atoms with E-state index in [2.05, 4.69) is 4.98 Å². The van der Waals surface area contributed by atoms with E-state index in [0.29, 0.717) is 23.2 Å². The van der Waals surface area contributed by atoms with Gasteiger partial charge < -0.3 is 15.9 Å². The van der Waals surface area contributed by atoms with Crippen LogP contribution in [0.1, 0.15) is 24.5 Å². The van der Waals surface area contributed by atoms with Crippen LogP contribution in [0.15, 0.2) is 34.7 Å². The second kappa shape index (κ2) is 5.74. The van der Waals surface area contributed by atoms with Crippen molar-refractivity contribution in [1.82, 2.24) is 4.98 Å². The number of fused-ring (bicyclic) bond motifs is 1. The van der Waals surface area contributed by atoms with Crippen molar-refractivity contribution >= 4 is 22.5 Å². The third kappa shape index (κ3) is 2.89. The maximum atomic E-state index is 13.3. The number of aromatic nitrogens is 1. The van der Waals surface area contributed by atoms with Crippen LogP contribution in [0.5, 0.6) is 0 Å². The monoisotopic (exact) mass is 335 g/mol. The lowest BCUT2D eigenvalue weighted by molar-refractivity contribution is -0.137. The van der Waals surface area contributed by atoms with E-state index >= 15 is 0 Å². The minimum absolute atomic E-state index is 0.0260. The summed E-state index contributed by atoms with van der Waals surface area (Å²) in [6.45, 7) is 1.99. The molecule has 0 saturated heterocycles. The number of hydrogen-bond acceptors (Lipinski definition) is 4. The van der Waals surface area contributed by atoms with Crippen LogP contribution in [0, 0.1) is 0 Å². The fourth-order valence-corrected chi connectivity index (χ4v) is 2.68. The van der Waals surface area contributed by atoms with Gasteiger partial charge in [0.1, 0.15) is 5.52 Å². The summed E-state index contributed by atoms with van der Waals surface area (Å²) in [6.07, 6.45) is -3.01. The highest BCUT2D eigenvalue weighted by atomic mass is 19.4. The molecule has 0 radical (unpaired) electrons. The Bertz CT molecular complexity index is 900. The summed E-state index contributed by atoms with van der Waals surface area (Å²) >= 11 is 0. The average Bonchev–Trinajstić information content (AvgIpc) is 2.90. The molecule has 0 amide bonds. The van der Waals surface area contributed by atoms with E-state index in [-0.39, 0.29) is 17.1 Å². The predicted octanol–water partition coefficient (Wildman–Crippen LogP) is 4.63. The Labute approximate surface area is 136 Å². The van der Waals surface area contributed by atoms with E-state index in [1.807, 2.05) is 6.92 Å². The molecule has 3 rings (SSSR count). The molecule has 126 valence electrons. The number of nitrogens with zero attached hydrogens (tertiary/aromatic N) is 1. The molecule has 0 aliphatic heterocycles. The SMILES string of the molecule is CCCc1cc(N)cc2nc(-c3ccc(N)cc3C(F)(F)F)oc12. The molecule has 0 unspecified atom stereocenters. The van der Waals surface area contributed by atoms with Gasteiger partial charge in [-0.3, -0.25) is 0 Å². The topological polar surface area (TPSA) is 78.1 Å². The first kappa shape index (κ1) is 16.2. The lowest BCUT2D eigenvalue weighted by Crippen LogP contribution is -2.08. The first-order valence-corrected chi connectivity index (χ1v) is 7.45. The third-order valence-electron chi connectivity index (χ3n) is 3.69. The van der Waals surface area contributed by atoms with Gasteiger partial charge in [0, 0.05) is 16.9 Å². The van der Waals surface area contributed by atoms with Crippen LogP contribution >= 0.6 is 0 Å². The second-order valence-corrected chi connectivity index (χ2v) is 5.60. The Morgan fingerprint density at radius 3 is 2.50 bits per heavy atom. The zero-order chi connectivity index (χ0) is 17.5. The molecule has 2 aromatic carbocycles. The van der Waals surface area contributed by atoms with Gasteiger partial charge in [-0.05, 0) is 42.3 Å². The number of rotatable bonds is 3. The summed E-state index contributed by atoms with van der Waals surface area (Å²) in [5.41, 5.74) is 12.6. The van der Waals surface area contributed by atoms with Gasteiger partial charge in [-0.2, -0.15) is 13.2 Å². The highest BCUT2D eigenvalue weighted by molar-refractivity contribution is 5.83. The number of nitrogen functional groups attached to an aromatic ring is 2. The van der Waals surface area contributed by atoms with Crippen LogP contribution in [0.3, 0.4) is 0 Å². The number of anilines is 2. The van der Waals surface area contributed by atoms with Gasteiger partial charge in [-0.15, -0.1) is 0 Å². The van der Waals surface area contributed by atoms with Crippen molar-refractivity contribution in [2.75, 3.05) is 11.5 Å². The van der Waals surface area contributed by atoms with Crippen molar-refractivity contribution in [3.63, 3.8) is 0 Å². The average molecular weight is 335 g/mol. The van der Waals surface area contributed by atoms with E-state index in [0.717, 1.165) is 18.1 Å². The zero-order valence-corrected chi connectivity index (χ0v) is 12.9. The van der Waals surface area contributed by atoms with E-state index in [4.69, 9.17) is 15.9 Å². The molecule has 0 saturated carbocycles. The van der Waals surface area contributed by atoms with Crippen LogP contribution in [0.25, 0.3) is 22.6 Å². The van der Waals surface area contributed by atoms with Gasteiger partial charge >= 0.3 is 6.18 Å². The minimum atomic E-state index is -4.56. The molecule has 7 heteroatoms. The summed E-state index contributed by atoms with van der Waals surface area (Å²) in [6, 6.07) is 6.89. The number of aryl methyl sites for hydroxylation is 1. The van der Waals surface area contributed by atoms with Crippen molar-refractivity contribution in [3.8, 4) is 11.5 Å². The Kier molecular flexibility index (Phi) is 3.87. The van der Waals surface area contributed by atoms with Crippen LogP contribution in [-0.2, 0) is 12.6 Å². The summed E-state index contributed by atoms with van der Waals surface area (Å²) < 4.78 is 45.5. The summed E-state index contributed by atoms with van der Waals surface area (Å²) in [5, 5.41) is 0. The second-order valence-electron chi connectivity index (χ2n) is 5.60. The van der Waals surface area contributed by atoms with Crippen molar-refractivity contribution in [2.45, 2.75) is 25.9 Å². The summed E-state index contributed by atoms with van der Waals surface area (Å²) in [4.78, 5) is 4.20. The molecular weight excluding hydrogens is 319 g/mol. The summed E-state index contributed by atoms with van der Waals surface area (Å²) in [5.74, 6) is -0.0970. The highest BCUT2D eigenvalue weighted by Gasteiger charge is 2.35. The van der Waals surface area contributed by atoms with Crippen LogP contribution in [0.4, 0.5) is 24.5 Å². The Morgan fingerprint density at radius 1 is 1.08 bits per heavy atom. The fraction of sp³-hybridized carbons (Fsp3) is 0.235. The maximum absolute atomic E-state index is 13.3. The molecule has 0 bridgehead atoms. The Balaban J connectivity index is 2.23. The molecule has 4 N–H and O–H groups in total. The van der Waals surface area contributed by atoms with Gasteiger partial charge in [-0.25, -0.2) is 4.98 Å². The number of halogens is 3. The Morgan fingerprint density at radius 2 is 1.83 bits per heavy atom. The zero-order valence-electron chi connectivity index (χ0n) is 12.9. The molecule has 0 aliphatic carbocycles. The van der Waals surface area contributed by atoms with E-state index in [1.165, 1.54) is 12.1 Å². The Hall–Kier alpha value is -2.70. The fourth-order valence-electron chi connectivity index (χ4n) is 2.68. The molecule has 1 heterocycles. The van der Waals surface area contributed by atoms with E-state index < -0.39 is 11.7 Å². The molecule has 3 aromatic rings. The lowest BCUT2D eigenvalue weighted by atomic mass is 10.1. The normalized spacial score (nSPS) is 12.0. The molecule has 24 heavy (non-hydrogen) atoms. The predicted molar refractivity (Wildman–Crippen MR) is 87.3 cm³/mol. The van der Waals surface area contributed by atoms with Crippen molar-refractivity contribution in [2.24, 2.45) is 0 Å². The summed E-state index contributed by atoms with van der Waals surface area (Å²) in [7, 11) is 0. The van der Waals surface area contributed by atoms with Crippen LogP contribution < -0.4 is 11.5 Å². The molecule has 0 atom stereocenters. The van der Waals surface area contributed by atoms with Gasteiger partial charge in [0.2, 0.25) is 5.89 Å². The lowest BCUT2D eigenvalue weighted by Gasteiger charge is -2.11. The van der Waals surface area contributed by atoms with E-state index in [9.17, 15) is 13.2 Å². The first-order chi connectivity index (χ1) is 11.3. The molecular formula is C17H16F3N3O. The smallest absolute Gasteiger partial charge is 0.417 e. The van der Waals surface area contributed by atoms with Crippen LogP contribution in [0.2, 0.25) is 0 Å². The van der Waals surface area contributed by atoms with E-state index in [1.54, 1.807) is 12.1 Å². The maximum Gasteiger partial charge on any atom is 0.417 e. The molecule has 0 fully saturated rings. The van der Waals surface area contributed by atoms with Gasteiger partial charge in [-0.1, -0.05) is 13.3 Å². The molecule has 0 aliphatic rings. The van der Waals surface area contributed by atoms with Gasteiger partial charge in [0.25, 0.3) is 0 Å². The molecule has 4 nitrogen and oxygen atoms in total. The quantitative estimate of drug-likeness (QED) is 0.684. The third-order valence-corrected chi connectivity index (χ3v) is 3.69. The number of alkyl halides is 3.